The molecule has 1 aliphatic rings. The molecule has 0 radical (unpaired) electrons. The van der Waals surface area contributed by atoms with E-state index in [0.29, 0.717) is 6.42 Å². The normalized spacial score (nSPS) is 18.4. The first-order chi connectivity index (χ1) is 42.8. The third-order valence-corrected chi connectivity index (χ3v) is 17.8. The highest BCUT2D eigenvalue weighted by atomic mass is 16.7. The second-order valence-electron chi connectivity index (χ2n) is 26.1. The molecule has 0 spiro atoms. The van der Waals surface area contributed by atoms with Gasteiger partial charge in [0.25, 0.3) is 0 Å². The highest BCUT2D eigenvalue weighted by molar-refractivity contribution is 5.76. The van der Waals surface area contributed by atoms with Crippen molar-refractivity contribution in [2.24, 2.45) is 0 Å². The smallest absolute Gasteiger partial charge is 0.220 e. The lowest BCUT2D eigenvalue weighted by Crippen LogP contribution is -2.60. The van der Waals surface area contributed by atoms with Crippen molar-refractivity contribution in [1.82, 2.24) is 5.32 Å². The minimum atomic E-state index is -1.57. The Morgan fingerprint density at radius 1 is 0.402 bits per heavy atom. The van der Waals surface area contributed by atoms with Gasteiger partial charge >= 0.3 is 0 Å². The van der Waals surface area contributed by atoms with Crippen LogP contribution >= 0.6 is 0 Å². The molecule has 1 amide bonds. The zero-order chi connectivity index (χ0) is 62.8. The minimum absolute atomic E-state index is 0.181. The summed E-state index contributed by atoms with van der Waals surface area (Å²) in [6.07, 6.45) is 87.5. The first-order valence-electron chi connectivity index (χ1n) is 37.7. The topological polar surface area (TPSA) is 149 Å². The molecule has 508 valence electrons. The first-order valence-corrected chi connectivity index (χ1v) is 37.7. The van der Waals surface area contributed by atoms with Crippen molar-refractivity contribution < 1.29 is 39.8 Å². The number of allylic oxidation sites excluding steroid dienone is 11. The SMILES string of the molecule is CC/C=C\C/C=C\C/C=C\C/C=C\CCCCCCCCCCCCCCCCCCCCCCC(=O)NC(COC1OC(CO)C(O)C(O)C1O)C(O)/C=C/CC/C=C/CCCCCCCCCCCCCCCCCCCCCCCCCCC. The van der Waals surface area contributed by atoms with E-state index < -0.39 is 49.5 Å². The lowest BCUT2D eigenvalue weighted by molar-refractivity contribution is -0.302. The number of aliphatic hydroxyl groups is 5. The van der Waals surface area contributed by atoms with Gasteiger partial charge in [0.05, 0.1) is 25.4 Å². The Morgan fingerprint density at radius 3 is 1.10 bits per heavy atom. The van der Waals surface area contributed by atoms with Gasteiger partial charge < -0.3 is 40.3 Å². The number of carbonyl (C=O) groups excluding carboxylic acids is 1. The summed E-state index contributed by atoms with van der Waals surface area (Å²) < 4.78 is 11.3. The summed E-state index contributed by atoms with van der Waals surface area (Å²) >= 11 is 0. The molecule has 9 heteroatoms. The summed E-state index contributed by atoms with van der Waals surface area (Å²) in [6.45, 7) is 3.70. The molecule has 0 aromatic carbocycles. The summed E-state index contributed by atoms with van der Waals surface area (Å²) in [5.41, 5.74) is 0. The Bertz CT molecular complexity index is 1610. The molecule has 7 unspecified atom stereocenters. The summed E-state index contributed by atoms with van der Waals surface area (Å²) in [5, 5.41) is 54.8. The molecule has 1 rings (SSSR count). The Labute approximate surface area is 538 Å². The van der Waals surface area contributed by atoms with Crippen LogP contribution in [0.3, 0.4) is 0 Å². The van der Waals surface area contributed by atoms with Crippen molar-refractivity contribution in [2.75, 3.05) is 13.2 Å². The zero-order valence-corrected chi connectivity index (χ0v) is 57.0. The fraction of sp³-hybridized carbons (Fsp3) is 0.833. The van der Waals surface area contributed by atoms with Crippen LogP contribution in [0.4, 0.5) is 0 Å². The zero-order valence-electron chi connectivity index (χ0n) is 57.0. The molecule has 0 aliphatic carbocycles. The van der Waals surface area contributed by atoms with Gasteiger partial charge in [-0.1, -0.05) is 356 Å². The van der Waals surface area contributed by atoms with Crippen molar-refractivity contribution >= 4 is 5.91 Å². The van der Waals surface area contributed by atoms with Gasteiger partial charge in [-0.15, -0.1) is 0 Å². The molecule has 7 atom stereocenters. The van der Waals surface area contributed by atoms with Gasteiger partial charge in [-0.25, -0.2) is 0 Å². The van der Waals surface area contributed by atoms with Crippen molar-refractivity contribution in [3.8, 4) is 0 Å². The van der Waals surface area contributed by atoms with E-state index in [1.54, 1.807) is 6.08 Å². The number of hydrogen-bond acceptors (Lipinski definition) is 8. The molecular weight excluding hydrogens is 1080 g/mol. The van der Waals surface area contributed by atoms with Gasteiger partial charge in [-0.05, 0) is 70.6 Å². The van der Waals surface area contributed by atoms with Crippen molar-refractivity contribution in [3.05, 3.63) is 72.9 Å². The predicted molar refractivity (Wildman–Crippen MR) is 373 cm³/mol. The Balaban J connectivity index is 2.11. The second-order valence-corrected chi connectivity index (χ2v) is 26.1. The van der Waals surface area contributed by atoms with E-state index in [4.69, 9.17) is 9.47 Å². The summed E-state index contributed by atoms with van der Waals surface area (Å²) in [4.78, 5) is 13.1. The lowest BCUT2D eigenvalue weighted by Gasteiger charge is -2.40. The standard InChI is InChI=1S/C78H143NO8/c1-3-5-7-9-11-13-15-17-19-21-23-25-27-29-31-33-35-36-38-40-42-44-46-48-50-52-54-56-58-60-62-64-66-68-74(82)79-71(70-86-78-77(85)76(84)75(83)73(69-80)87-78)72(81)67-65-63-61-59-57-55-53-51-49-47-45-43-41-39-37-34-32-30-28-26-24-22-20-18-16-14-12-10-8-6-4-2/h5,7,11,13,17,19,23,25,57,59,65,67,71-73,75-78,80-81,83-85H,3-4,6,8-10,12,14-16,18,20-22,24,26-56,58,60-64,66,68-70H2,1-2H3,(H,79,82)/b7-5-,13-11-,19-17-,25-23-,59-57+,67-65+. The van der Waals surface area contributed by atoms with E-state index >= 15 is 0 Å². The van der Waals surface area contributed by atoms with Crippen LogP contribution in [0.1, 0.15) is 361 Å². The fourth-order valence-electron chi connectivity index (χ4n) is 11.9. The molecule has 0 aromatic rings. The van der Waals surface area contributed by atoms with Crippen LogP contribution in [-0.4, -0.2) is 87.5 Å². The van der Waals surface area contributed by atoms with E-state index in [0.717, 1.165) is 64.2 Å². The van der Waals surface area contributed by atoms with E-state index in [-0.39, 0.29) is 12.5 Å². The van der Waals surface area contributed by atoms with Gasteiger partial charge in [-0.3, -0.25) is 4.79 Å². The maximum atomic E-state index is 13.1. The minimum Gasteiger partial charge on any atom is -0.394 e. The number of nitrogens with one attached hydrogen (secondary N) is 1. The quantitative estimate of drug-likeness (QED) is 0.0261. The molecule has 1 fully saturated rings. The van der Waals surface area contributed by atoms with E-state index in [1.807, 2.05) is 6.08 Å². The van der Waals surface area contributed by atoms with Crippen LogP contribution in [0, 0.1) is 0 Å². The maximum absolute atomic E-state index is 13.1. The Morgan fingerprint density at radius 2 is 0.724 bits per heavy atom. The highest BCUT2D eigenvalue weighted by Crippen LogP contribution is 2.24. The van der Waals surface area contributed by atoms with E-state index in [9.17, 15) is 30.3 Å². The summed E-state index contributed by atoms with van der Waals surface area (Å²) in [7, 11) is 0. The van der Waals surface area contributed by atoms with Crippen molar-refractivity contribution in [1.29, 1.82) is 0 Å². The molecule has 0 saturated carbocycles. The third kappa shape index (κ3) is 55.0. The van der Waals surface area contributed by atoms with Crippen LogP contribution < -0.4 is 5.32 Å². The van der Waals surface area contributed by atoms with E-state index in [2.05, 4.69) is 79.9 Å². The molecule has 6 N–H and O–H groups in total. The largest absolute Gasteiger partial charge is 0.394 e. The van der Waals surface area contributed by atoms with Crippen LogP contribution in [-0.2, 0) is 14.3 Å². The van der Waals surface area contributed by atoms with Gasteiger partial charge in [0.15, 0.2) is 6.29 Å². The molecule has 87 heavy (non-hydrogen) atoms. The number of hydrogen-bond donors (Lipinski definition) is 6. The average molecular weight is 1220 g/mol. The molecule has 9 nitrogen and oxygen atoms in total. The van der Waals surface area contributed by atoms with Crippen molar-refractivity contribution in [3.63, 3.8) is 0 Å². The second kappa shape index (κ2) is 66.5. The molecule has 1 heterocycles. The van der Waals surface area contributed by atoms with Crippen LogP contribution in [0.2, 0.25) is 0 Å². The van der Waals surface area contributed by atoms with Gasteiger partial charge in [-0.2, -0.15) is 0 Å². The van der Waals surface area contributed by atoms with Crippen LogP contribution in [0.15, 0.2) is 72.9 Å². The molecule has 1 aliphatic heterocycles. The van der Waals surface area contributed by atoms with E-state index in [1.165, 1.54) is 276 Å². The van der Waals surface area contributed by atoms with Gasteiger partial charge in [0.2, 0.25) is 5.91 Å². The number of amides is 1. The lowest BCUT2D eigenvalue weighted by atomic mass is 9.99. The number of aliphatic hydroxyl groups excluding tert-OH is 5. The number of carbonyl (C=O) groups is 1. The maximum Gasteiger partial charge on any atom is 0.220 e. The summed E-state index contributed by atoms with van der Waals surface area (Å²) in [6, 6.07) is -0.825. The number of unbranched alkanes of at least 4 members (excludes halogenated alkanes) is 46. The predicted octanol–water partition coefficient (Wildman–Crippen LogP) is 21.1. The third-order valence-electron chi connectivity index (χ3n) is 17.8. The fourth-order valence-corrected chi connectivity index (χ4v) is 11.9. The Kier molecular flexibility index (Phi) is 63.2. The summed E-state index contributed by atoms with van der Waals surface area (Å²) in [5.74, 6) is -0.181. The molecule has 0 aromatic heterocycles. The molecular formula is C78H143NO8. The van der Waals surface area contributed by atoms with Gasteiger partial charge in [0, 0.05) is 6.42 Å². The number of ether oxygens (including phenoxy) is 2. The Hall–Kier alpha value is -2.37. The number of rotatable bonds is 66. The highest BCUT2D eigenvalue weighted by Gasteiger charge is 2.44. The molecule has 1 saturated heterocycles. The first kappa shape index (κ1) is 82.6. The molecule has 0 bridgehead atoms. The average Bonchev–Trinajstić information content (AvgIpc) is 3.38. The van der Waals surface area contributed by atoms with Gasteiger partial charge in [0.1, 0.15) is 24.4 Å². The van der Waals surface area contributed by atoms with Crippen LogP contribution in [0.25, 0.3) is 0 Å². The van der Waals surface area contributed by atoms with Crippen LogP contribution in [0.5, 0.6) is 0 Å². The van der Waals surface area contributed by atoms with Crippen molar-refractivity contribution in [2.45, 2.75) is 403 Å². The monoisotopic (exact) mass is 1220 g/mol.